The second kappa shape index (κ2) is 5.11. The van der Waals surface area contributed by atoms with Crippen LogP contribution in [0.4, 0.5) is 5.69 Å². The number of carboxylic acid groups (broad SMARTS) is 1. The molecular weight excluding hydrogens is 196 g/mol. The zero-order valence-electron chi connectivity index (χ0n) is 8.06. The van der Waals surface area contributed by atoms with Crippen LogP contribution in [0.15, 0.2) is 24.3 Å². The largest absolute Gasteiger partial charge is 0.478 e. The summed E-state index contributed by atoms with van der Waals surface area (Å²) in [5.74, 6) is -1.36. The zero-order valence-corrected chi connectivity index (χ0v) is 8.06. The summed E-state index contributed by atoms with van der Waals surface area (Å²) in [7, 11) is 0. The Morgan fingerprint density at radius 3 is 2.60 bits per heavy atom. The lowest BCUT2D eigenvalue weighted by Crippen LogP contribution is -2.17. The van der Waals surface area contributed by atoms with Gasteiger partial charge in [0.1, 0.15) is 0 Å². The Labute approximate surface area is 86.9 Å². The first-order valence-electron chi connectivity index (χ1n) is 4.47. The highest BCUT2D eigenvalue weighted by Gasteiger charge is 2.10. The number of hydrogen-bond acceptors (Lipinski definition) is 3. The lowest BCUT2D eigenvalue weighted by atomic mass is 10.2. The van der Waals surface area contributed by atoms with Gasteiger partial charge in [-0.1, -0.05) is 12.1 Å². The summed E-state index contributed by atoms with van der Waals surface area (Å²) < 4.78 is 0. The number of nitrogens with one attached hydrogen (secondary N) is 1. The van der Waals surface area contributed by atoms with Crippen molar-refractivity contribution < 1.29 is 14.7 Å². The van der Waals surface area contributed by atoms with Gasteiger partial charge in [-0.05, 0) is 12.1 Å². The van der Waals surface area contributed by atoms with E-state index in [2.05, 4.69) is 5.32 Å². The molecule has 0 fully saturated rings. The molecule has 0 saturated heterocycles. The molecule has 0 atom stereocenters. The van der Waals surface area contributed by atoms with Gasteiger partial charge in [0.05, 0.1) is 11.3 Å². The normalized spacial score (nSPS) is 9.67. The van der Waals surface area contributed by atoms with E-state index in [1.54, 1.807) is 12.1 Å². The predicted octanol–water partition coefficient (Wildman–Crippen LogP) is 0.672. The Bertz CT molecular complexity index is 377. The number of rotatable bonds is 4. The van der Waals surface area contributed by atoms with Gasteiger partial charge in [0.2, 0.25) is 5.91 Å². The Hall–Kier alpha value is -1.88. The molecular formula is C10H12N2O3. The summed E-state index contributed by atoms with van der Waals surface area (Å²) in [5, 5.41) is 11.3. The minimum atomic E-state index is -1.07. The van der Waals surface area contributed by atoms with Gasteiger partial charge in [0.15, 0.2) is 0 Å². The summed E-state index contributed by atoms with van der Waals surface area (Å²) in [4.78, 5) is 22.0. The van der Waals surface area contributed by atoms with E-state index < -0.39 is 5.97 Å². The van der Waals surface area contributed by atoms with Crippen molar-refractivity contribution in [3.05, 3.63) is 29.8 Å². The molecule has 5 heteroatoms. The number of nitrogens with two attached hydrogens (primary N) is 1. The van der Waals surface area contributed by atoms with Gasteiger partial charge in [0, 0.05) is 13.0 Å². The summed E-state index contributed by atoms with van der Waals surface area (Å²) in [5.41, 5.74) is 5.57. The molecule has 15 heavy (non-hydrogen) atoms. The summed E-state index contributed by atoms with van der Waals surface area (Å²) in [6.07, 6.45) is 0.175. The van der Waals surface area contributed by atoms with Crippen LogP contribution in [0.5, 0.6) is 0 Å². The third-order valence-electron chi connectivity index (χ3n) is 1.80. The SMILES string of the molecule is NCCC(=O)Nc1ccccc1C(=O)O. The Balaban J connectivity index is 2.84. The fourth-order valence-electron chi connectivity index (χ4n) is 1.12. The van der Waals surface area contributed by atoms with Gasteiger partial charge in [-0.2, -0.15) is 0 Å². The third kappa shape index (κ3) is 3.07. The first-order chi connectivity index (χ1) is 7.15. The first-order valence-corrected chi connectivity index (χ1v) is 4.47. The molecule has 0 aliphatic carbocycles. The molecule has 80 valence electrons. The maximum absolute atomic E-state index is 11.2. The molecule has 0 radical (unpaired) electrons. The number of aromatic carboxylic acids is 1. The lowest BCUT2D eigenvalue weighted by Gasteiger charge is -2.07. The van der Waals surface area contributed by atoms with Gasteiger partial charge >= 0.3 is 5.97 Å². The van der Waals surface area contributed by atoms with E-state index >= 15 is 0 Å². The van der Waals surface area contributed by atoms with Crippen molar-refractivity contribution in [2.24, 2.45) is 5.73 Å². The topological polar surface area (TPSA) is 92.4 Å². The van der Waals surface area contributed by atoms with Crippen molar-refractivity contribution in [3.8, 4) is 0 Å². The van der Waals surface area contributed by atoms with E-state index in [9.17, 15) is 9.59 Å². The van der Waals surface area contributed by atoms with E-state index in [0.717, 1.165) is 0 Å². The van der Waals surface area contributed by atoms with E-state index in [1.807, 2.05) is 0 Å². The highest BCUT2D eigenvalue weighted by molar-refractivity contribution is 6.00. The van der Waals surface area contributed by atoms with Crippen molar-refractivity contribution in [2.75, 3.05) is 11.9 Å². The van der Waals surface area contributed by atoms with Crippen LogP contribution in [0.2, 0.25) is 0 Å². The number of amides is 1. The smallest absolute Gasteiger partial charge is 0.337 e. The zero-order chi connectivity index (χ0) is 11.3. The molecule has 0 aliphatic heterocycles. The fraction of sp³-hybridized carbons (Fsp3) is 0.200. The van der Waals surface area contributed by atoms with Crippen LogP contribution < -0.4 is 11.1 Å². The average Bonchev–Trinajstić information content (AvgIpc) is 2.18. The molecule has 0 spiro atoms. The standard InChI is InChI=1S/C10H12N2O3/c11-6-5-9(13)12-8-4-2-1-3-7(8)10(14)15/h1-4H,5-6,11H2,(H,12,13)(H,14,15). The summed E-state index contributed by atoms with van der Waals surface area (Å²) in [6.45, 7) is 0.237. The van der Waals surface area contributed by atoms with Gasteiger partial charge in [0.25, 0.3) is 0 Å². The van der Waals surface area contributed by atoms with E-state index in [1.165, 1.54) is 12.1 Å². The highest BCUT2D eigenvalue weighted by atomic mass is 16.4. The highest BCUT2D eigenvalue weighted by Crippen LogP contribution is 2.14. The number of anilines is 1. The molecule has 0 saturated carbocycles. The molecule has 1 aromatic rings. The molecule has 1 aromatic carbocycles. The predicted molar refractivity (Wildman–Crippen MR) is 55.7 cm³/mol. The Kier molecular flexibility index (Phi) is 3.82. The summed E-state index contributed by atoms with van der Waals surface area (Å²) >= 11 is 0. The van der Waals surface area contributed by atoms with Crippen LogP contribution in [-0.2, 0) is 4.79 Å². The van der Waals surface area contributed by atoms with Gasteiger partial charge < -0.3 is 16.2 Å². The first kappa shape index (κ1) is 11.2. The second-order valence-electron chi connectivity index (χ2n) is 2.94. The van der Waals surface area contributed by atoms with Crippen LogP contribution in [0.1, 0.15) is 16.8 Å². The van der Waals surface area contributed by atoms with Crippen molar-refractivity contribution in [1.82, 2.24) is 0 Å². The number of hydrogen-bond donors (Lipinski definition) is 3. The average molecular weight is 208 g/mol. The van der Waals surface area contributed by atoms with E-state index in [-0.39, 0.29) is 24.4 Å². The molecule has 1 rings (SSSR count). The maximum Gasteiger partial charge on any atom is 0.337 e. The van der Waals surface area contributed by atoms with Gasteiger partial charge in [-0.3, -0.25) is 4.79 Å². The molecule has 5 nitrogen and oxygen atoms in total. The van der Waals surface area contributed by atoms with Crippen LogP contribution in [0.25, 0.3) is 0 Å². The van der Waals surface area contributed by atoms with Crippen molar-refractivity contribution >= 4 is 17.6 Å². The molecule has 0 bridgehead atoms. The van der Waals surface area contributed by atoms with Gasteiger partial charge in [-0.25, -0.2) is 4.79 Å². The molecule has 1 amide bonds. The quantitative estimate of drug-likeness (QED) is 0.678. The Morgan fingerprint density at radius 2 is 2.00 bits per heavy atom. The number of benzene rings is 1. The minimum Gasteiger partial charge on any atom is -0.478 e. The third-order valence-corrected chi connectivity index (χ3v) is 1.80. The fourth-order valence-corrected chi connectivity index (χ4v) is 1.12. The van der Waals surface area contributed by atoms with Crippen LogP contribution >= 0.6 is 0 Å². The summed E-state index contributed by atoms with van der Waals surface area (Å²) in [6, 6.07) is 6.23. The van der Waals surface area contributed by atoms with Crippen molar-refractivity contribution in [2.45, 2.75) is 6.42 Å². The Morgan fingerprint density at radius 1 is 1.33 bits per heavy atom. The molecule has 0 aromatic heterocycles. The molecule has 0 heterocycles. The van der Waals surface area contributed by atoms with Crippen molar-refractivity contribution in [1.29, 1.82) is 0 Å². The van der Waals surface area contributed by atoms with Gasteiger partial charge in [-0.15, -0.1) is 0 Å². The second-order valence-corrected chi connectivity index (χ2v) is 2.94. The number of carbonyl (C=O) groups excluding carboxylic acids is 1. The van der Waals surface area contributed by atoms with Crippen LogP contribution in [0, 0.1) is 0 Å². The number of carbonyl (C=O) groups is 2. The number of para-hydroxylation sites is 1. The van der Waals surface area contributed by atoms with Crippen molar-refractivity contribution in [3.63, 3.8) is 0 Å². The lowest BCUT2D eigenvalue weighted by molar-refractivity contribution is -0.116. The van der Waals surface area contributed by atoms with Crippen LogP contribution in [-0.4, -0.2) is 23.5 Å². The van der Waals surface area contributed by atoms with E-state index in [0.29, 0.717) is 5.69 Å². The maximum atomic E-state index is 11.2. The minimum absolute atomic E-state index is 0.0721. The molecule has 0 aliphatic rings. The van der Waals surface area contributed by atoms with E-state index in [4.69, 9.17) is 10.8 Å². The number of carboxylic acids is 1. The molecule has 0 unspecified atom stereocenters. The van der Waals surface area contributed by atoms with Crippen LogP contribution in [0.3, 0.4) is 0 Å². The monoisotopic (exact) mass is 208 g/mol. The molecule has 4 N–H and O–H groups in total.